The second-order valence-electron chi connectivity index (χ2n) is 6.42. The summed E-state index contributed by atoms with van der Waals surface area (Å²) in [6, 6.07) is 5.01. The number of halogens is 2. The number of benzene rings is 1. The number of hydrogen-bond acceptors (Lipinski definition) is 7. The number of hydrogen-bond donors (Lipinski definition) is 0. The summed E-state index contributed by atoms with van der Waals surface area (Å²) in [6.45, 7) is 2.10. The van der Waals surface area contributed by atoms with Crippen LogP contribution >= 0.6 is 35.0 Å². The topological polar surface area (TPSA) is 101 Å². The smallest absolute Gasteiger partial charge is 0.332 e. The third-order valence-corrected chi connectivity index (χ3v) is 6.11. The van der Waals surface area contributed by atoms with E-state index in [2.05, 4.69) is 15.2 Å². The molecule has 0 unspecified atom stereocenters. The van der Waals surface area contributed by atoms with E-state index in [1.165, 1.54) is 23.4 Å². The van der Waals surface area contributed by atoms with Crippen LogP contribution in [0, 0.1) is 0 Å². The number of aromatic nitrogens is 6. The predicted octanol–water partition coefficient (Wildman–Crippen LogP) is 2.95. The van der Waals surface area contributed by atoms with Crippen molar-refractivity contribution in [3.05, 3.63) is 55.0 Å². The van der Waals surface area contributed by atoms with Gasteiger partial charge in [-0.15, -0.1) is 10.2 Å². The quantitative estimate of drug-likeness (QED) is 0.416. The summed E-state index contributed by atoms with van der Waals surface area (Å²) in [4.78, 5) is 29.6. The lowest BCUT2D eigenvalue weighted by Gasteiger charge is -2.06. The molecule has 0 amide bonds. The molecule has 0 saturated carbocycles. The van der Waals surface area contributed by atoms with Crippen molar-refractivity contribution in [2.45, 2.75) is 18.6 Å². The minimum Gasteiger partial charge on any atom is -0.419 e. The first-order chi connectivity index (χ1) is 14.3. The van der Waals surface area contributed by atoms with Crippen LogP contribution in [0.1, 0.15) is 12.8 Å². The van der Waals surface area contributed by atoms with Gasteiger partial charge in [-0.25, -0.2) is 9.78 Å². The Morgan fingerprint density at radius 2 is 1.87 bits per heavy atom. The Hall–Kier alpha value is -2.56. The Labute approximate surface area is 184 Å². The summed E-state index contributed by atoms with van der Waals surface area (Å²) in [6.07, 6.45) is 0. The van der Waals surface area contributed by atoms with Gasteiger partial charge in [-0.2, -0.15) is 0 Å². The van der Waals surface area contributed by atoms with Gasteiger partial charge in [-0.05, 0) is 24.0 Å². The summed E-state index contributed by atoms with van der Waals surface area (Å²) >= 11 is 13.5. The van der Waals surface area contributed by atoms with Gasteiger partial charge >= 0.3 is 5.69 Å². The zero-order valence-corrected chi connectivity index (χ0v) is 18.5. The van der Waals surface area contributed by atoms with Crippen LogP contribution in [0.5, 0.6) is 0 Å². The molecule has 0 N–H and O–H groups in total. The molecule has 0 fully saturated rings. The summed E-state index contributed by atoms with van der Waals surface area (Å²) in [5.74, 6) is 1.29. The maximum atomic E-state index is 12.8. The summed E-state index contributed by atoms with van der Waals surface area (Å²) < 4.78 is 9.88. The van der Waals surface area contributed by atoms with Crippen LogP contribution < -0.4 is 11.2 Å². The van der Waals surface area contributed by atoms with E-state index in [0.717, 1.165) is 10.3 Å². The second kappa shape index (κ2) is 7.93. The van der Waals surface area contributed by atoms with Gasteiger partial charge in [0.15, 0.2) is 16.3 Å². The molecule has 156 valence electrons. The van der Waals surface area contributed by atoms with E-state index >= 15 is 0 Å². The van der Waals surface area contributed by atoms with Crippen LogP contribution in [0.3, 0.4) is 0 Å². The highest BCUT2D eigenvalue weighted by atomic mass is 35.5. The molecule has 4 rings (SSSR count). The molecule has 3 heterocycles. The summed E-state index contributed by atoms with van der Waals surface area (Å²) in [5, 5.41) is 9.54. The highest BCUT2D eigenvalue weighted by Gasteiger charge is 2.21. The lowest BCUT2D eigenvalue weighted by atomic mass is 10.2. The first-order valence-electron chi connectivity index (χ1n) is 8.88. The van der Waals surface area contributed by atoms with Crippen LogP contribution in [0.25, 0.3) is 22.6 Å². The first kappa shape index (κ1) is 20.7. The third-order valence-electron chi connectivity index (χ3n) is 4.51. The summed E-state index contributed by atoms with van der Waals surface area (Å²) in [5.41, 5.74) is 0.353. The van der Waals surface area contributed by atoms with Gasteiger partial charge in [0.2, 0.25) is 11.8 Å². The van der Waals surface area contributed by atoms with Crippen LogP contribution in [-0.2, 0) is 20.6 Å². The largest absolute Gasteiger partial charge is 0.419 e. The van der Waals surface area contributed by atoms with Gasteiger partial charge in [0.25, 0.3) is 5.56 Å². The van der Waals surface area contributed by atoms with Crippen LogP contribution in [0.2, 0.25) is 10.0 Å². The van der Waals surface area contributed by atoms with Gasteiger partial charge in [0.05, 0.1) is 10.0 Å². The van der Waals surface area contributed by atoms with E-state index in [9.17, 15) is 9.59 Å². The molecule has 0 saturated heterocycles. The highest BCUT2D eigenvalue weighted by molar-refractivity contribution is 7.99. The van der Waals surface area contributed by atoms with Crippen LogP contribution in [0.15, 0.2) is 37.4 Å². The van der Waals surface area contributed by atoms with Gasteiger partial charge in [0, 0.05) is 19.7 Å². The number of thioether (sulfide) groups is 1. The van der Waals surface area contributed by atoms with Crippen molar-refractivity contribution in [2.24, 2.45) is 14.1 Å². The number of imidazole rings is 1. The molecule has 0 radical (unpaired) electrons. The molecule has 0 aliphatic rings. The Morgan fingerprint density at radius 3 is 2.57 bits per heavy atom. The molecule has 12 heteroatoms. The average Bonchev–Trinajstić information content (AvgIpc) is 3.33. The van der Waals surface area contributed by atoms with Crippen LogP contribution in [0.4, 0.5) is 0 Å². The van der Waals surface area contributed by atoms with Gasteiger partial charge in [0.1, 0.15) is 6.54 Å². The first-order valence-corrected chi connectivity index (χ1v) is 10.6. The monoisotopic (exact) mass is 466 g/mol. The SMILES string of the molecule is CCSc1nc2c(c(=O)n(C)c(=O)n2C)n1Cc1nnc(-c2ccc(Cl)c(Cl)c2)o1. The van der Waals surface area contributed by atoms with E-state index in [4.69, 9.17) is 27.6 Å². The molecule has 1 aromatic carbocycles. The normalized spacial score (nSPS) is 11.5. The number of nitrogens with zero attached hydrogens (tertiary/aromatic N) is 6. The fraction of sp³-hybridized carbons (Fsp3) is 0.278. The lowest BCUT2D eigenvalue weighted by Crippen LogP contribution is -2.37. The Balaban J connectivity index is 1.81. The Kier molecular flexibility index (Phi) is 5.48. The van der Waals surface area contributed by atoms with Gasteiger partial charge in [-0.1, -0.05) is 41.9 Å². The van der Waals surface area contributed by atoms with Crippen molar-refractivity contribution in [2.75, 3.05) is 5.75 Å². The van der Waals surface area contributed by atoms with E-state index < -0.39 is 11.2 Å². The summed E-state index contributed by atoms with van der Waals surface area (Å²) in [7, 11) is 3.01. The second-order valence-corrected chi connectivity index (χ2v) is 8.47. The molecule has 30 heavy (non-hydrogen) atoms. The maximum absolute atomic E-state index is 12.8. The molecular weight excluding hydrogens is 451 g/mol. The molecule has 0 atom stereocenters. The van der Waals surface area contributed by atoms with Crippen molar-refractivity contribution in [3.63, 3.8) is 0 Å². The molecule has 3 aromatic heterocycles. The molecular formula is C18H16Cl2N6O3S. The molecule has 0 aliphatic heterocycles. The lowest BCUT2D eigenvalue weighted by molar-refractivity contribution is 0.482. The van der Waals surface area contributed by atoms with Crippen molar-refractivity contribution >= 4 is 46.1 Å². The Bertz CT molecular complexity index is 1390. The Morgan fingerprint density at radius 1 is 1.10 bits per heavy atom. The van der Waals surface area contributed by atoms with Gasteiger partial charge in [-0.3, -0.25) is 13.9 Å². The zero-order valence-electron chi connectivity index (χ0n) is 16.2. The predicted molar refractivity (Wildman–Crippen MR) is 115 cm³/mol. The molecule has 0 aliphatic carbocycles. The standard InChI is InChI=1S/C18H16Cl2N6O3S/c1-4-30-17-21-14-13(16(27)25(3)18(28)24(14)2)26(17)8-12-22-23-15(29-12)9-5-6-10(19)11(20)7-9/h5-7H,4,8H2,1-3H3. The maximum Gasteiger partial charge on any atom is 0.332 e. The highest BCUT2D eigenvalue weighted by Crippen LogP contribution is 2.28. The average molecular weight is 467 g/mol. The van der Waals surface area contributed by atoms with E-state index in [0.29, 0.717) is 31.9 Å². The van der Waals surface area contributed by atoms with E-state index in [1.54, 1.807) is 29.8 Å². The van der Waals surface area contributed by atoms with Crippen molar-refractivity contribution in [1.29, 1.82) is 0 Å². The van der Waals surface area contributed by atoms with Crippen molar-refractivity contribution < 1.29 is 4.42 Å². The molecule has 0 spiro atoms. The molecule has 4 aromatic rings. The van der Waals surface area contributed by atoms with Gasteiger partial charge < -0.3 is 8.98 Å². The van der Waals surface area contributed by atoms with E-state index in [-0.39, 0.29) is 18.3 Å². The minimum absolute atomic E-state index is 0.126. The van der Waals surface area contributed by atoms with E-state index in [1.807, 2.05) is 6.92 Å². The zero-order chi connectivity index (χ0) is 21.6. The number of rotatable bonds is 5. The molecule has 0 bridgehead atoms. The fourth-order valence-corrected chi connectivity index (χ4v) is 4.03. The molecule has 9 nitrogen and oxygen atoms in total. The number of aryl methyl sites for hydroxylation is 1. The minimum atomic E-state index is -0.440. The van der Waals surface area contributed by atoms with Crippen molar-refractivity contribution in [3.8, 4) is 11.5 Å². The number of fused-ring (bicyclic) bond motifs is 1. The third kappa shape index (κ3) is 3.44. The van der Waals surface area contributed by atoms with Crippen LogP contribution in [-0.4, -0.2) is 34.6 Å². The fourth-order valence-electron chi connectivity index (χ4n) is 3.01. The van der Waals surface area contributed by atoms with Crippen molar-refractivity contribution in [1.82, 2.24) is 28.9 Å².